The average Bonchev–Trinajstić information content (AvgIpc) is 3.02. The lowest BCUT2D eigenvalue weighted by Crippen LogP contribution is -2.16. The number of allylic oxidation sites excluding steroid dienone is 1. The summed E-state index contributed by atoms with van der Waals surface area (Å²) in [4.78, 5) is 19.7. The Kier molecular flexibility index (Phi) is 5.29. The molecule has 0 fully saturated rings. The molecule has 1 amide bonds. The number of amides is 1. The number of hydrogen-bond donors (Lipinski definition) is 2. The van der Waals surface area contributed by atoms with Crippen molar-refractivity contribution in [1.82, 2.24) is 9.97 Å². The number of fused-ring (bicyclic) bond motifs is 1. The van der Waals surface area contributed by atoms with Crippen LogP contribution in [0.5, 0.6) is 0 Å². The van der Waals surface area contributed by atoms with Crippen molar-refractivity contribution in [3.63, 3.8) is 0 Å². The van der Waals surface area contributed by atoms with Crippen LogP contribution in [0.25, 0.3) is 17.0 Å². The van der Waals surface area contributed by atoms with Gasteiger partial charge in [-0.2, -0.15) is 13.2 Å². The Morgan fingerprint density at radius 3 is 2.53 bits per heavy atom. The fourth-order valence-corrected chi connectivity index (χ4v) is 3.20. The Morgan fingerprint density at radius 2 is 1.81 bits per heavy atom. The number of rotatable bonds is 4. The van der Waals surface area contributed by atoms with E-state index in [0.717, 1.165) is 24.4 Å². The maximum Gasteiger partial charge on any atom is 0.417 e. The van der Waals surface area contributed by atoms with Gasteiger partial charge in [-0.15, -0.1) is 0 Å². The van der Waals surface area contributed by atoms with E-state index >= 15 is 0 Å². The highest BCUT2D eigenvalue weighted by atomic mass is 19.4. The Morgan fingerprint density at radius 1 is 1.03 bits per heavy atom. The number of pyridine rings is 2. The van der Waals surface area contributed by atoms with E-state index in [1.807, 2.05) is 0 Å². The van der Waals surface area contributed by atoms with Crippen molar-refractivity contribution < 1.29 is 26.7 Å². The first-order valence-electron chi connectivity index (χ1n) is 9.19. The van der Waals surface area contributed by atoms with Crippen molar-refractivity contribution in [2.75, 3.05) is 5.32 Å². The number of nitrogens with one attached hydrogen (secondary N) is 2. The number of aromatic nitrogens is 2. The van der Waals surface area contributed by atoms with E-state index in [0.29, 0.717) is 17.3 Å². The number of benzene rings is 1. The van der Waals surface area contributed by atoms with Crippen LogP contribution < -0.4 is 5.32 Å². The van der Waals surface area contributed by atoms with Crippen molar-refractivity contribution in [1.29, 1.82) is 5.41 Å². The molecule has 1 aliphatic rings. The molecule has 10 heteroatoms. The fraction of sp³-hybridized carbons (Fsp3) is 0.0909. The third-order valence-corrected chi connectivity index (χ3v) is 4.76. The van der Waals surface area contributed by atoms with E-state index in [1.54, 1.807) is 0 Å². The van der Waals surface area contributed by atoms with E-state index in [1.165, 1.54) is 24.4 Å². The molecule has 0 saturated carbocycles. The molecule has 2 N–H and O–H groups in total. The molecular weight excluding hydrogens is 431 g/mol. The zero-order valence-electron chi connectivity index (χ0n) is 16.1. The molecule has 4 rings (SSSR count). The Bertz CT molecular complexity index is 1280. The van der Waals surface area contributed by atoms with Crippen LogP contribution in [0.1, 0.15) is 22.4 Å². The van der Waals surface area contributed by atoms with Gasteiger partial charge in [0.15, 0.2) is 0 Å². The fourth-order valence-electron chi connectivity index (χ4n) is 3.20. The molecule has 0 bridgehead atoms. The van der Waals surface area contributed by atoms with Crippen LogP contribution in [0.3, 0.4) is 0 Å². The van der Waals surface area contributed by atoms with Gasteiger partial charge in [0, 0.05) is 29.6 Å². The van der Waals surface area contributed by atoms with Crippen LogP contribution in [-0.4, -0.2) is 21.6 Å². The maximum absolute atomic E-state index is 14.6. The first kappa shape index (κ1) is 21.3. The lowest BCUT2D eigenvalue weighted by Gasteiger charge is -2.10. The largest absolute Gasteiger partial charge is 0.417 e. The van der Waals surface area contributed by atoms with Crippen molar-refractivity contribution in [3.05, 3.63) is 83.2 Å². The summed E-state index contributed by atoms with van der Waals surface area (Å²) in [6, 6.07) is 6.22. The van der Waals surface area contributed by atoms with Gasteiger partial charge < -0.3 is 5.32 Å². The Labute approximate surface area is 178 Å². The Hall–Kier alpha value is -3.95. The summed E-state index contributed by atoms with van der Waals surface area (Å²) < 4.78 is 66.8. The smallest absolute Gasteiger partial charge is 0.324 e. The molecule has 2 aromatic heterocycles. The van der Waals surface area contributed by atoms with Crippen LogP contribution in [0.15, 0.2) is 55.0 Å². The lowest BCUT2D eigenvalue weighted by atomic mass is 10.0. The molecule has 0 unspecified atom stereocenters. The predicted molar refractivity (Wildman–Crippen MR) is 107 cm³/mol. The van der Waals surface area contributed by atoms with Gasteiger partial charge >= 0.3 is 6.18 Å². The predicted octanol–water partition coefficient (Wildman–Crippen LogP) is 5.17. The maximum atomic E-state index is 14.6. The summed E-state index contributed by atoms with van der Waals surface area (Å²) in [5, 5.41) is 9.92. The summed E-state index contributed by atoms with van der Waals surface area (Å²) in [6.07, 6.45) is -0.904. The second kappa shape index (κ2) is 7.95. The van der Waals surface area contributed by atoms with Crippen molar-refractivity contribution in [2.45, 2.75) is 12.6 Å². The highest BCUT2D eigenvalue weighted by Gasteiger charge is 2.31. The number of hydrogen-bond acceptors (Lipinski definition) is 4. The average molecular weight is 444 g/mol. The topological polar surface area (TPSA) is 78.7 Å². The number of carbonyl (C=O) groups excluding carboxylic acids is 1. The molecule has 0 saturated heterocycles. The summed E-state index contributed by atoms with van der Waals surface area (Å²) in [5.41, 5.74) is -0.0555. The molecule has 0 atom stereocenters. The van der Waals surface area contributed by atoms with Gasteiger partial charge in [-0.05, 0) is 29.3 Å². The lowest BCUT2D eigenvalue weighted by molar-refractivity contribution is -0.137. The molecule has 32 heavy (non-hydrogen) atoms. The second-order valence-electron chi connectivity index (χ2n) is 7.02. The first-order valence-corrected chi connectivity index (χ1v) is 9.19. The normalized spacial score (nSPS) is 13.0. The van der Waals surface area contributed by atoms with Crippen molar-refractivity contribution in [2.24, 2.45) is 0 Å². The molecule has 3 aromatic rings. The van der Waals surface area contributed by atoms with Gasteiger partial charge in [0.25, 0.3) is 0 Å². The highest BCUT2D eigenvalue weighted by molar-refractivity contribution is 6.15. The quantitative estimate of drug-likeness (QED) is 0.545. The molecule has 162 valence electrons. The molecule has 0 spiro atoms. The van der Waals surface area contributed by atoms with E-state index < -0.39 is 35.7 Å². The second-order valence-corrected chi connectivity index (χ2v) is 7.02. The minimum absolute atomic E-state index is 0.0214. The van der Waals surface area contributed by atoms with Gasteiger partial charge in [-0.25, -0.2) is 8.78 Å². The molecule has 5 nitrogen and oxygen atoms in total. The minimum Gasteiger partial charge on any atom is -0.324 e. The van der Waals surface area contributed by atoms with Crippen molar-refractivity contribution >= 4 is 23.1 Å². The third kappa shape index (κ3) is 4.25. The SMILES string of the molecule is N=C1C=C(F)c2cc(-c3ccc(CC(=O)Nc4cncc(C(F)(F)F)c4)c(F)c3)cnc21. The number of halogens is 5. The summed E-state index contributed by atoms with van der Waals surface area (Å²) in [7, 11) is 0. The molecular formula is C22H13F5N4O. The summed E-state index contributed by atoms with van der Waals surface area (Å²) in [6.45, 7) is 0. The number of nitrogens with zero attached hydrogens (tertiary/aromatic N) is 2. The molecule has 1 aromatic carbocycles. The summed E-state index contributed by atoms with van der Waals surface area (Å²) >= 11 is 0. The zero-order valence-corrected chi connectivity index (χ0v) is 16.1. The first-order chi connectivity index (χ1) is 15.1. The summed E-state index contributed by atoms with van der Waals surface area (Å²) in [5.74, 6) is -2.04. The standard InChI is InChI=1S/C22H13F5N4O/c23-17-4-11(13-3-16-18(24)7-19(28)21(16)30-8-13)1-2-12(17)5-20(32)31-15-6-14(9-29-10-15)22(25,26)27/h1-4,6-10,28H,5H2,(H,31,32). The van der Waals surface area contributed by atoms with E-state index in [-0.39, 0.29) is 28.2 Å². The molecule has 0 aliphatic heterocycles. The van der Waals surface area contributed by atoms with E-state index in [9.17, 15) is 26.7 Å². The third-order valence-electron chi connectivity index (χ3n) is 4.76. The number of anilines is 1. The molecule has 0 radical (unpaired) electrons. The van der Waals surface area contributed by atoms with Gasteiger partial charge in [0.05, 0.1) is 35.3 Å². The van der Waals surface area contributed by atoms with Gasteiger partial charge in [0.1, 0.15) is 11.6 Å². The molecule has 1 aliphatic carbocycles. The van der Waals surface area contributed by atoms with Gasteiger partial charge in [0.2, 0.25) is 5.91 Å². The Balaban J connectivity index is 1.50. The highest BCUT2D eigenvalue weighted by Crippen LogP contribution is 2.32. The monoisotopic (exact) mass is 444 g/mol. The van der Waals surface area contributed by atoms with Crippen molar-refractivity contribution in [3.8, 4) is 11.1 Å². The van der Waals surface area contributed by atoms with Crippen LogP contribution in [0.2, 0.25) is 0 Å². The number of carbonyl (C=O) groups is 1. The number of alkyl halides is 3. The van der Waals surface area contributed by atoms with Crippen LogP contribution in [0, 0.1) is 11.2 Å². The van der Waals surface area contributed by atoms with E-state index in [4.69, 9.17) is 5.41 Å². The minimum atomic E-state index is -4.61. The van der Waals surface area contributed by atoms with Crippen LogP contribution >= 0.6 is 0 Å². The van der Waals surface area contributed by atoms with Gasteiger partial charge in [-0.3, -0.25) is 20.2 Å². The zero-order chi connectivity index (χ0) is 23.0. The van der Waals surface area contributed by atoms with E-state index in [2.05, 4.69) is 15.3 Å². The molecule has 2 heterocycles. The van der Waals surface area contributed by atoms with Crippen LogP contribution in [-0.2, 0) is 17.4 Å². The van der Waals surface area contributed by atoms with Gasteiger partial charge in [-0.1, -0.05) is 12.1 Å². The van der Waals surface area contributed by atoms with Crippen LogP contribution in [0.4, 0.5) is 27.6 Å².